The highest BCUT2D eigenvalue weighted by atomic mass is 32.2. The van der Waals surface area contributed by atoms with Crippen LogP contribution in [0.3, 0.4) is 0 Å². The van der Waals surface area contributed by atoms with Crippen LogP contribution in [0.5, 0.6) is 5.75 Å². The van der Waals surface area contributed by atoms with Gasteiger partial charge < -0.3 is 14.0 Å². The average molecular weight is 633 g/mol. The normalized spacial score (nSPS) is 21.5. The predicted octanol–water partition coefficient (Wildman–Crippen LogP) is 2.55. The number of nitrogens with one attached hydrogen (secondary N) is 2. The van der Waals surface area contributed by atoms with Gasteiger partial charge in [-0.15, -0.1) is 11.8 Å². The van der Waals surface area contributed by atoms with Gasteiger partial charge >= 0.3 is 19.2 Å². The minimum Gasteiger partial charge on any atom is -0.404 e. The molecule has 2 aromatic heterocycles. The molecule has 4 heterocycles. The van der Waals surface area contributed by atoms with Gasteiger partial charge in [-0.25, -0.2) is 14.2 Å². The molecule has 2 aliphatic heterocycles. The average Bonchev–Trinajstić information content (AvgIpc) is 3.65. The largest absolute Gasteiger partial charge is 0.530 e. The molecular formula is C27H29N4O10PS. The molecule has 16 heteroatoms. The molecule has 0 unspecified atom stereocenters. The number of phosphoric ester groups is 1. The molecule has 43 heavy (non-hydrogen) atoms. The predicted molar refractivity (Wildman–Crippen MR) is 157 cm³/mol. The van der Waals surface area contributed by atoms with Crippen molar-refractivity contribution >= 4 is 19.6 Å². The van der Waals surface area contributed by atoms with E-state index in [0.717, 1.165) is 4.90 Å². The van der Waals surface area contributed by atoms with Gasteiger partial charge in [0.05, 0.1) is 13.2 Å². The molecule has 3 aromatic rings. The molecule has 0 bridgehead atoms. The topological polar surface area (TPSA) is 173 Å². The van der Waals surface area contributed by atoms with E-state index >= 15 is 0 Å². The number of nitrogens with zero attached hydrogens (tertiary/aromatic N) is 2. The number of aromatic nitrogens is 4. The Hall–Kier alpha value is -3.72. The third-order valence-electron chi connectivity index (χ3n) is 6.52. The van der Waals surface area contributed by atoms with Gasteiger partial charge in [-0.3, -0.25) is 37.7 Å². The second kappa shape index (κ2) is 12.9. The first-order valence-electron chi connectivity index (χ1n) is 13.1. The van der Waals surface area contributed by atoms with Gasteiger partial charge in [0.1, 0.15) is 18.0 Å². The molecule has 4 atom stereocenters. The standard InChI is InChI=1S/C27H29N4O10PS/c1-16-12-30(26(34)28-24(16)32)22-10-6-19(39-22)14-37-42(36,41-18-4-8-21(43-3)9-5-18)38-15-20-7-11-23(40-20)31-13-17(2)25(33)29-27(31)35/h4-13,19-20,22-23H,14-15H2,1-3H3,(H,28,32,34)(H,29,33,35)/t19-,20-,22+,23+/m0/s1. The van der Waals surface area contributed by atoms with E-state index in [0.29, 0.717) is 11.1 Å². The summed E-state index contributed by atoms with van der Waals surface area (Å²) >= 11 is 1.53. The summed E-state index contributed by atoms with van der Waals surface area (Å²) in [7, 11) is -4.27. The summed E-state index contributed by atoms with van der Waals surface area (Å²) in [5.74, 6) is 0.244. The summed E-state index contributed by atoms with van der Waals surface area (Å²) in [5.41, 5.74) is -1.59. The maximum atomic E-state index is 13.8. The summed E-state index contributed by atoms with van der Waals surface area (Å²) in [6.07, 6.45) is 8.12. The van der Waals surface area contributed by atoms with Gasteiger partial charge in [-0.2, -0.15) is 0 Å². The third kappa shape index (κ3) is 7.26. The van der Waals surface area contributed by atoms with E-state index in [4.69, 9.17) is 23.0 Å². The highest BCUT2D eigenvalue weighted by Gasteiger charge is 2.34. The number of ether oxygens (including phenoxy) is 2. The first-order chi connectivity index (χ1) is 20.5. The van der Waals surface area contributed by atoms with Crippen molar-refractivity contribution in [3.8, 4) is 5.75 Å². The molecule has 0 radical (unpaired) electrons. The van der Waals surface area contributed by atoms with Gasteiger partial charge in [-0.05, 0) is 56.5 Å². The monoisotopic (exact) mass is 632 g/mol. The Bertz CT molecular complexity index is 1720. The van der Waals surface area contributed by atoms with E-state index < -0.39 is 55.0 Å². The lowest BCUT2D eigenvalue weighted by Crippen LogP contribution is -2.33. The van der Waals surface area contributed by atoms with E-state index in [9.17, 15) is 23.7 Å². The van der Waals surface area contributed by atoms with Crippen LogP contribution in [-0.4, -0.2) is 50.8 Å². The van der Waals surface area contributed by atoms with Crippen molar-refractivity contribution in [3.63, 3.8) is 0 Å². The minimum absolute atomic E-state index is 0.244. The lowest BCUT2D eigenvalue weighted by atomic mass is 10.3. The maximum Gasteiger partial charge on any atom is 0.530 e. The molecule has 14 nitrogen and oxygen atoms in total. The van der Waals surface area contributed by atoms with Crippen LogP contribution in [0.4, 0.5) is 0 Å². The molecule has 0 saturated carbocycles. The number of H-pyrrole nitrogens is 2. The van der Waals surface area contributed by atoms with Crippen LogP contribution in [0.25, 0.3) is 0 Å². The molecule has 5 rings (SSSR count). The van der Waals surface area contributed by atoms with Gasteiger partial charge in [0, 0.05) is 28.4 Å². The Morgan fingerprint density at radius 3 is 1.70 bits per heavy atom. The summed E-state index contributed by atoms with van der Waals surface area (Å²) < 4.78 is 45.0. The van der Waals surface area contributed by atoms with Crippen molar-refractivity contribution in [2.24, 2.45) is 0 Å². The van der Waals surface area contributed by atoms with Gasteiger partial charge in [0.25, 0.3) is 11.1 Å². The summed E-state index contributed by atoms with van der Waals surface area (Å²) in [4.78, 5) is 53.3. The molecule has 1 aromatic carbocycles. The Balaban J connectivity index is 1.25. The van der Waals surface area contributed by atoms with E-state index in [1.54, 1.807) is 62.4 Å². The van der Waals surface area contributed by atoms with E-state index in [-0.39, 0.29) is 19.0 Å². The molecule has 2 N–H and O–H groups in total. The fourth-order valence-corrected chi connectivity index (χ4v) is 5.85. The molecule has 2 aliphatic rings. The number of rotatable bonds is 11. The summed E-state index contributed by atoms with van der Waals surface area (Å²) in [6.45, 7) is 2.63. The van der Waals surface area contributed by atoms with E-state index in [1.165, 1.54) is 33.3 Å². The van der Waals surface area contributed by atoms with Crippen molar-refractivity contribution in [1.29, 1.82) is 0 Å². The number of aromatic amines is 2. The zero-order valence-electron chi connectivity index (χ0n) is 23.3. The molecular weight excluding hydrogens is 603 g/mol. The van der Waals surface area contributed by atoms with Crippen LogP contribution in [0.2, 0.25) is 0 Å². The smallest absolute Gasteiger partial charge is 0.404 e. The number of aryl methyl sites for hydroxylation is 2. The van der Waals surface area contributed by atoms with Gasteiger partial charge in [0.2, 0.25) is 0 Å². The number of phosphoric acid groups is 1. The van der Waals surface area contributed by atoms with Crippen LogP contribution in [-0.2, 0) is 23.1 Å². The quantitative estimate of drug-likeness (QED) is 0.181. The SMILES string of the molecule is CSc1ccc(OP(=O)(OC[C@@H]2C=C[C@H](n3cc(C)c(=O)[nH]c3=O)O2)OC[C@@H]2C=C[C@H](n3cc(C)c(=O)[nH]c3=O)O2)cc1. The third-order valence-corrected chi connectivity index (χ3v) is 8.63. The molecule has 0 spiro atoms. The maximum absolute atomic E-state index is 13.8. The first-order valence-corrected chi connectivity index (χ1v) is 15.8. The zero-order chi connectivity index (χ0) is 30.7. The van der Waals surface area contributed by atoms with E-state index in [2.05, 4.69) is 9.97 Å². The van der Waals surface area contributed by atoms with Crippen molar-refractivity contribution in [1.82, 2.24) is 19.1 Å². The van der Waals surface area contributed by atoms with Crippen molar-refractivity contribution < 1.29 is 27.6 Å². The Kier molecular flexibility index (Phi) is 9.20. The minimum atomic E-state index is -4.27. The first kappa shape index (κ1) is 30.7. The Labute approximate surface area is 248 Å². The van der Waals surface area contributed by atoms with Crippen LogP contribution in [0, 0.1) is 13.8 Å². The second-order valence-electron chi connectivity index (χ2n) is 9.66. The highest BCUT2D eigenvalue weighted by molar-refractivity contribution is 7.98. The number of thioether (sulfide) groups is 1. The lowest BCUT2D eigenvalue weighted by Gasteiger charge is -2.22. The molecule has 0 aliphatic carbocycles. The number of benzene rings is 1. The zero-order valence-corrected chi connectivity index (χ0v) is 25.0. The molecule has 0 amide bonds. The van der Waals surface area contributed by atoms with Crippen molar-refractivity contribution in [2.45, 2.75) is 43.4 Å². The van der Waals surface area contributed by atoms with Crippen LogP contribution >= 0.6 is 19.6 Å². The summed E-state index contributed by atoms with van der Waals surface area (Å²) in [5, 5.41) is 0. The Morgan fingerprint density at radius 1 is 0.791 bits per heavy atom. The van der Waals surface area contributed by atoms with Crippen molar-refractivity contribution in [2.75, 3.05) is 19.5 Å². The lowest BCUT2D eigenvalue weighted by molar-refractivity contribution is -0.0239. The second-order valence-corrected chi connectivity index (χ2v) is 12.1. The van der Waals surface area contributed by atoms with Crippen LogP contribution in [0.1, 0.15) is 23.6 Å². The molecule has 0 fully saturated rings. The fourth-order valence-electron chi connectivity index (χ4n) is 4.22. The molecule has 0 saturated heterocycles. The number of hydrogen-bond acceptors (Lipinski definition) is 11. The Morgan fingerprint density at radius 2 is 1.26 bits per heavy atom. The summed E-state index contributed by atoms with van der Waals surface area (Å²) in [6, 6.07) is 6.84. The van der Waals surface area contributed by atoms with Crippen LogP contribution in [0.15, 0.2) is 85.0 Å². The van der Waals surface area contributed by atoms with Crippen LogP contribution < -0.4 is 27.0 Å². The van der Waals surface area contributed by atoms with Crippen molar-refractivity contribution in [3.05, 3.63) is 114 Å². The van der Waals surface area contributed by atoms with Gasteiger partial charge in [0.15, 0.2) is 12.5 Å². The molecule has 228 valence electrons. The van der Waals surface area contributed by atoms with Gasteiger partial charge in [-0.1, -0.05) is 12.2 Å². The van der Waals surface area contributed by atoms with E-state index in [1.807, 2.05) is 6.26 Å². The number of hydrogen-bond donors (Lipinski definition) is 2. The highest BCUT2D eigenvalue weighted by Crippen LogP contribution is 2.50. The fraction of sp³-hybridized carbons (Fsp3) is 0.333.